The third-order valence-corrected chi connectivity index (χ3v) is 5.16. The van der Waals surface area contributed by atoms with Gasteiger partial charge < -0.3 is 5.32 Å². The third kappa shape index (κ3) is 4.04. The molecule has 108 valence electrons. The second kappa shape index (κ2) is 7.41. The quantitative estimate of drug-likeness (QED) is 0.850. The van der Waals surface area contributed by atoms with Crippen LogP contribution in [0.15, 0.2) is 17.5 Å². The van der Waals surface area contributed by atoms with Crippen molar-refractivity contribution in [2.24, 2.45) is 5.92 Å². The maximum atomic E-state index is 3.55. The van der Waals surface area contributed by atoms with Crippen molar-refractivity contribution in [2.45, 2.75) is 52.1 Å². The van der Waals surface area contributed by atoms with Crippen LogP contribution in [0.1, 0.15) is 51.0 Å². The number of piperidine rings is 1. The molecule has 0 radical (unpaired) electrons. The molecule has 19 heavy (non-hydrogen) atoms. The second-order valence-corrected chi connectivity index (χ2v) is 6.92. The van der Waals surface area contributed by atoms with E-state index in [-0.39, 0.29) is 0 Å². The highest BCUT2D eigenvalue weighted by Gasteiger charge is 2.25. The van der Waals surface area contributed by atoms with Crippen LogP contribution < -0.4 is 5.32 Å². The van der Waals surface area contributed by atoms with E-state index in [1.807, 2.05) is 11.3 Å². The first kappa shape index (κ1) is 15.0. The molecule has 1 saturated heterocycles. The lowest BCUT2D eigenvalue weighted by Crippen LogP contribution is -2.42. The minimum absolute atomic E-state index is 0.599. The maximum Gasteiger partial charge on any atom is 0.0441 e. The molecule has 0 saturated carbocycles. The van der Waals surface area contributed by atoms with Crippen molar-refractivity contribution < 1.29 is 0 Å². The largest absolute Gasteiger partial charge is 0.316 e. The van der Waals surface area contributed by atoms with Gasteiger partial charge in [0.15, 0.2) is 0 Å². The molecule has 0 amide bonds. The molecule has 1 aromatic heterocycles. The van der Waals surface area contributed by atoms with Crippen LogP contribution in [-0.4, -0.2) is 30.6 Å². The Hall–Kier alpha value is -0.380. The van der Waals surface area contributed by atoms with Gasteiger partial charge in [-0.05, 0) is 63.6 Å². The Kier molecular flexibility index (Phi) is 5.86. The number of nitrogens with zero attached hydrogens (tertiary/aromatic N) is 1. The Morgan fingerprint density at radius 3 is 2.84 bits per heavy atom. The van der Waals surface area contributed by atoms with E-state index in [0.717, 1.165) is 5.92 Å². The summed E-state index contributed by atoms with van der Waals surface area (Å²) < 4.78 is 0. The van der Waals surface area contributed by atoms with Crippen molar-refractivity contribution >= 4 is 11.3 Å². The molecule has 1 fully saturated rings. The van der Waals surface area contributed by atoms with Crippen LogP contribution in [0.5, 0.6) is 0 Å². The summed E-state index contributed by atoms with van der Waals surface area (Å²) in [6.07, 6.45) is 3.93. The Morgan fingerprint density at radius 1 is 1.47 bits per heavy atom. The van der Waals surface area contributed by atoms with Gasteiger partial charge in [0.05, 0.1) is 0 Å². The molecule has 0 aromatic carbocycles. The highest BCUT2D eigenvalue weighted by atomic mass is 32.1. The van der Waals surface area contributed by atoms with Crippen LogP contribution in [0.4, 0.5) is 0 Å². The van der Waals surface area contributed by atoms with Crippen LogP contribution in [0.2, 0.25) is 0 Å². The van der Waals surface area contributed by atoms with E-state index in [1.54, 1.807) is 0 Å². The Bertz CT molecular complexity index is 342. The van der Waals surface area contributed by atoms with Crippen LogP contribution in [-0.2, 0) is 0 Å². The highest BCUT2D eigenvalue weighted by molar-refractivity contribution is 7.10. The average molecular weight is 280 g/mol. The zero-order valence-electron chi connectivity index (χ0n) is 12.6. The van der Waals surface area contributed by atoms with Crippen molar-refractivity contribution in [3.8, 4) is 0 Å². The van der Waals surface area contributed by atoms with E-state index in [1.165, 1.54) is 43.8 Å². The van der Waals surface area contributed by atoms with E-state index in [4.69, 9.17) is 0 Å². The predicted octanol–water partition coefficient (Wildman–Crippen LogP) is 3.91. The van der Waals surface area contributed by atoms with Crippen LogP contribution in [0.25, 0.3) is 0 Å². The average Bonchev–Trinajstić information content (AvgIpc) is 2.93. The van der Waals surface area contributed by atoms with Gasteiger partial charge in [0.2, 0.25) is 0 Å². The lowest BCUT2D eigenvalue weighted by molar-refractivity contribution is 0.116. The molecule has 0 spiro atoms. The number of thiophene rings is 1. The third-order valence-electron chi connectivity index (χ3n) is 4.19. The van der Waals surface area contributed by atoms with Gasteiger partial charge in [-0.3, -0.25) is 4.90 Å². The summed E-state index contributed by atoms with van der Waals surface area (Å²) in [5.41, 5.74) is 0. The first-order valence-electron chi connectivity index (χ1n) is 7.72. The van der Waals surface area contributed by atoms with Gasteiger partial charge in [-0.1, -0.05) is 13.0 Å². The number of hydrogen-bond acceptors (Lipinski definition) is 3. The van der Waals surface area contributed by atoms with Crippen molar-refractivity contribution in [1.82, 2.24) is 10.2 Å². The van der Waals surface area contributed by atoms with Gasteiger partial charge >= 0.3 is 0 Å². The summed E-state index contributed by atoms with van der Waals surface area (Å²) in [7, 11) is 0. The summed E-state index contributed by atoms with van der Waals surface area (Å²) >= 11 is 1.91. The van der Waals surface area contributed by atoms with Gasteiger partial charge in [-0.15, -0.1) is 11.3 Å². The van der Waals surface area contributed by atoms with E-state index in [9.17, 15) is 0 Å². The number of nitrogens with one attached hydrogen (secondary N) is 1. The summed E-state index contributed by atoms with van der Waals surface area (Å²) in [5, 5.41) is 5.75. The highest BCUT2D eigenvalue weighted by Crippen LogP contribution is 2.31. The van der Waals surface area contributed by atoms with E-state index < -0.39 is 0 Å². The molecule has 2 atom stereocenters. The minimum Gasteiger partial charge on any atom is -0.316 e. The second-order valence-electron chi connectivity index (χ2n) is 5.94. The normalized spacial score (nSPS) is 22.1. The Balaban J connectivity index is 2.05. The zero-order valence-corrected chi connectivity index (χ0v) is 13.4. The smallest absolute Gasteiger partial charge is 0.0441 e. The number of hydrogen-bond donors (Lipinski definition) is 1. The van der Waals surface area contributed by atoms with Crippen molar-refractivity contribution in [1.29, 1.82) is 0 Å². The van der Waals surface area contributed by atoms with Gasteiger partial charge in [0.25, 0.3) is 0 Å². The molecular weight excluding hydrogens is 252 g/mol. The first-order chi connectivity index (χ1) is 9.22. The minimum atomic E-state index is 0.599. The predicted molar refractivity (Wildman–Crippen MR) is 84.8 cm³/mol. The van der Waals surface area contributed by atoms with E-state index >= 15 is 0 Å². The van der Waals surface area contributed by atoms with Gasteiger partial charge in [-0.25, -0.2) is 0 Å². The van der Waals surface area contributed by atoms with E-state index in [2.05, 4.69) is 48.5 Å². The lowest BCUT2D eigenvalue weighted by Gasteiger charge is -2.38. The van der Waals surface area contributed by atoms with Crippen molar-refractivity contribution in [2.75, 3.05) is 19.6 Å². The molecule has 2 unspecified atom stereocenters. The fourth-order valence-corrected chi connectivity index (χ4v) is 4.09. The van der Waals surface area contributed by atoms with Gasteiger partial charge in [-0.2, -0.15) is 0 Å². The molecule has 2 heterocycles. The molecule has 0 aliphatic carbocycles. The molecule has 2 nitrogen and oxygen atoms in total. The molecule has 1 aromatic rings. The van der Waals surface area contributed by atoms with Crippen molar-refractivity contribution in [3.63, 3.8) is 0 Å². The van der Waals surface area contributed by atoms with Crippen molar-refractivity contribution in [3.05, 3.63) is 22.4 Å². The van der Waals surface area contributed by atoms with Crippen LogP contribution in [0, 0.1) is 5.92 Å². The molecular formula is C16H28N2S. The van der Waals surface area contributed by atoms with Crippen LogP contribution in [0.3, 0.4) is 0 Å². The summed E-state index contributed by atoms with van der Waals surface area (Å²) in [4.78, 5) is 4.24. The standard InChI is InChI=1S/C16H28N2S/c1-4-15(16-8-6-10-19-16)18(13(2)3)12-14-7-5-9-17-11-14/h6,8,10,13-15,17H,4-5,7,9,11-12H2,1-3H3. The fourth-order valence-electron chi connectivity index (χ4n) is 3.16. The Morgan fingerprint density at radius 2 is 2.32 bits per heavy atom. The molecule has 2 rings (SSSR count). The molecule has 1 aliphatic heterocycles. The summed E-state index contributed by atoms with van der Waals surface area (Å²) in [5.74, 6) is 0.824. The molecule has 0 bridgehead atoms. The maximum absolute atomic E-state index is 3.55. The van der Waals surface area contributed by atoms with Crippen LogP contribution >= 0.6 is 11.3 Å². The first-order valence-corrected chi connectivity index (χ1v) is 8.60. The molecule has 1 N–H and O–H groups in total. The topological polar surface area (TPSA) is 15.3 Å². The monoisotopic (exact) mass is 280 g/mol. The number of rotatable bonds is 6. The Labute approximate surface area is 122 Å². The SMILES string of the molecule is CCC(c1cccs1)N(CC1CCCNC1)C(C)C. The fraction of sp³-hybridized carbons (Fsp3) is 0.750. The van der Waals surface area contributed by atoms with Gasteiger partial charge in [0.1, 0.15) is 0 Å². The summed E-state index contributed by atoms with van der Waals surface area (Å²) in [6.45, 7) is 10.6. The van der Waals surface area contributed by atoms with Gasteiger partial charge in [0, 0.05) is 23.5 Å². The summed E-state index contributed by atoms with van der Waals surface area (Å²) in [6, 6.07) is 5.70. The lowest BCUT2D eigenvalue weighted by atomic mass is 9.97. The zero-order chi connectivity index (χ0) is 13.7. The van der Waals surface area contributed by atoms with E-state index in [0.29, 0.717) is 12.1 Å². The molecule has 1 aliphatic rings. The molecule has 3 heteroatoms.